The maximum Gasteiger partial charge on any atom is 0.256 e. The number of aromatic nitrogens is 3. The summed E-state index contributed by atoms with van der Waals surface area (Å²) in [6.07, 6.45) is 3.76. The molecule has 1 amide bonds. The van der Waals surface area contributed by atoms with E-state index in [0.29, 0.717) is 5.56 Å². The number of pyridine rings is 1. The normalized spacial score (nSPS) is 11.2. The maximum absolute atomic E-state index is 13.0. The minimum atomic E-state index is -0.122. The highest BCUT2D eigenvalue weighted by atomic mass is 16.1. The molecule has 29 heavy (non-hydrogen) atoms. The Morgan fingerprint density at radius 1 is 1.10 bits per heavy atom. The summed E-state index contributed by atoms with van der Waals surface area (Å²) in [5.74, 6) is 1.11. The van der Waals surface area contributed by atoms with E-state index in [2.05, 4.69) is 28.7 Å². The number of fused-ring (bicyclic) bond motifs is 1. The molecule has 2 aromatic heterocycles. The molecule has 4 rings (SSSR count). The Bertz CT molecular complexity index is 1160. The summed E-state index contributed by atoms with van der Waals surface area (Å²) < 4.78 is 2.09. The lowest BCUT2D eigenvalue weighted by molar-refractivity contribution is 0.102. The molecule has 0 unspecified atom stereocenters. The van der Waals surface area contributed by atoms with E-state index < -0.39 is 0 Å². The third-order valence-corrected chi connectivity index (χ3v) is 5.06. The molecule has 4 aromatic rings. The standard InChI is InChI=1S/C24H24N4O/c1-16(2)23-14-21(20-6-4-5-7-22(20)27-23)24(29)26-19-10-8-18(9-11-19)15-28-13-12-25-17(28)3/h4-14,16H,15H2,1-3H3,(H,26,29). The predicted molar refractivity (Wildman–Crippen MR) is 116 cm³/mol. The number of imidazole rings is 1. The Balaban J connectivity index is 1.57. The Morgan fingerprint density at radius 3 is 2.55 bits per heavy atom. The predicted octanol–water partition coefficient (Wildman–Crippen LogP) is 5.16. The highest BCUT2D eigenvalue weighted by Crippen LogP contribution is 2.23. The van der Waals surface area contributed by atoms with Crippen LogP contribution >= 0.6 is 0 Å². The fourth-order valence-electron chi connectivity index (χ4n) is 3.34. The summed E-state index contributed by atoms with van der Waals surface area (Å²) in [5, 5.41) is 3.89. The highest BCUT2D eigenvalue weighted by Gasteiger charge is 2.14. The lowest BCUT2D eigenvalue weighted by Crippen LogP contribution is -2.14. The second kappa shape index (κ2) is 7.87. The fourth-order valence-corrected chi connectivity index (χ4v) is 3.34. The minimum absolute atomic E-state index is 0.122. The van der Waals surface area contributed by atoms with Crippen LogP contribution in [0.15, 0.2) is 67.0 Å². The van der Waals surface area contributed by atoms with Crippen LogP contribution in [0.3, 0.4) is 0 Å². The molecule has 0 aliphatic carbocycles. The third-order valence-electron chi connectivity index (χ3n) is 5.06. The molecule has 0 aliphatic heterocycles. The molecule has 1 N–H and O–H groups in total. The third kappa shape index (κ3) is 4.04. The second-order valence-electron chi connectivity index (χ2n) is 7.52. The number of para-hydroxylation sites is 1. The summed E-state index contributed by atoms with van der Waals surface area (Å²) >= 11 is 0. The Hall–Kier alpha value is -3.47. The van der Waals surface area contributed by atoms with Gasteiger partial charge in [0.1, 0.15) is 5.82 Å². The minimum Gasteiger partial charge on any atom is -0.331 e. The SMILES string of the molecule is Cc1nccn1Cc1ccc(NC(=O)c2cc(C(C)C)nc3ccccc23)cc1. The van der Waals surface area contributed by atoms with Crippen LogP contribution in [0.25, 0.3) is 10.9 Å². The summed E-state index contributed by atoms with van der Waals surface area (Å²) in [6, 6.07) is 17.6. The van der Waals surface area contributed by atoms with Gasteiger partial charge in [0.15, 0.2) is 0 Å². The number of benzene rings is 2. The molecular weight excluding hydrogens is 360 g/mol. The van der Waals surface area contributed by atoms with Crippen LogP contribution in [0.5, 0.6) is 0 Å². The van der Waals surface area contributed by atoms with Crippen molar-refractivity contribution in [3.63, 3.8) is 0 Å². The van der Waals surface area contributed by atoms with Gasteiger partial charge in [-0.05, 0) is 42.7 Å². The molecule has 0 atom stereocenters. The molecule has 146 valence electrons. The molecule has 2 heterocycles. The van der Waals surface area contributed by atoms with Gasteiger partial charge in [0.2, 0.25) is 0 Å². The van der Waals surface area contributed by atoms with Crippen molar-refractivity contribution in [2.75, 3.05) is 5.32 Å². The van der Waals surface area contributed by atoms with E-state index in [1.54, 1.807) is 6.20 Å². The van der Waals surface area contributed by atoms with E-state index in [1.165, 1.54) is 0 Å². The van der Waals surface area contributed by atoms with Crippen LogP contribution in [-0.2, 0) is 6.54 Å². The molecule has 0 radical (unpaired) electrons. The van der Waals surface area contributed by atoms with Gasteiger partial charge in [0.25, 0.3) is 5.91 Å². The lowest BCUT2D eigenvalue weighted by atomic mass is 10.0. The first-order valence-electron chi connectivity index (χ1n) is 9.79. The Kier molecular flexibility index (Phi) is 5.12. The zero-order valence-corrected chi connectivity index (χ0v) is 16.9. The van der Waals surface area contributed by atoms with Crippen LogP contribution in [-0.4, -0.2) is 20.4 Å². The van der Waals surface area contributed by atoms with Crippen molar-refractivity contribution in [2.24, 2.45) is 0 Å². The highest BCUT2D eigenvalue weighted by molar-refractivity contribution is 6.12. The first kappa shape index (κ1) is 18.9. The molecular formula is C24H24N4O. The van der Waals surface area contributed by atoms with E-state index >= 15 is 0 Å². The van der Waals surface area contributed by atoms with Gasteiger partial charge in [-0.3, -0.25) is 9.78 Å². The summed E-state index contributed by atoms with van der Waals surface area (Å²) in [4.78, 5) is 22.0. The summed E-state index contributed by atoms with van der Waals surface area (Å²) in [7, 11) is 0. The van der Waals surface area contributed by atoms with E-state index in [0.717, 1.165) is 40.2 Å². The maximum atomic E-state index is 13.0. The van der Waals surface area contributed by atoms with Gasteiger partial charge in [-0.25, -0.2) is 4.98 Å². The Labute approximate surface area is 170 Å². The zero-order valence-electron chi connectivity index (χ0n) is 16.9. The van der Waals surface area contributed by atoms with E-state index in [4.69, 9.17) is 4.98 Å². The van der Waals surface area contributed by atoms with Crippen LogP contribution in [0.4, 0.5) is 5.69 Å². The molecule has 0 saturated carbocycles. The van der Waals surface area contributed by atoms with Crippen molar-refractivity contribution in [3.05, 3.63) is 89.6 Å². The number of aryl methyl sites for hydroxylation is 1. The van der Waals surface area contributed by atoms with Gasteiger partial charge in [-0.1, -0.05) is 44.2 Å². The van der Waals surface area contributed by atoms with Crippen molar-refractivity contribution in [3.8, 4) is 0 Å². The Morgan fingerprint density at radius 2 is 1.86 bits per heavy atom. The van der Waals surface area contributed by atoms with Gasteiger partial charge < -0.3 is 9.88 Å². The smallest absolute Gasteiger partial charge is 0.256 e. The zero-order chi connectivity index (χ0) is 20.4. The molecule has 5 heteroatoms. The quantitative estimate of drug-likeness (QED) is 0.517. The number of anilines is 1. The van der Waals surface area contributed by atoms with Gasteiger partial charge in [-0.2, -0.15) is 0 Å². The molecule has 0 aliphatic rings. The number of nitrogens with one attached hydrogen (secondary N) is 1. The topological polar surface area (TPSA) is 59.8 Å². The van der Waals surface area contributed by atoms with Crippen molar-refractivity contribution in [1.29, 1.82) is 0 Å². The first-order valence-corrected chi connectivity index (χ1v) is 9.79. The van der Waals surface area contributed by atoms with Crippen molar-refractivity contribution >= 4 is 22.5 Å². The first-order chi connectivity index (χ1) is 14.0. The number of rotatable bonds is 5. The van der Waals surface area contributed by atoms with Crippen LogP contribution in [0.2, 0.25) is 0 Å². The summed E-state index contributed by atoms with van der Waals surface area (Å²) in [5.41, 5.74) is 4.33. The molecule has 5 nitrogen and oxygen atoms in total. The summed E-state index contributed by atoms with van der Waals surface area (Å²) in [6.45, 7) is 6.91. The van der Waals surface area contributed by atoms with Crippen molar-refractivity contribution in [2.45, 2.75) is 33.2 Å². The monoisotopic (exact) mass is 384 g/mol. The largest absolute Gasteiger partial charge is 0.331 e. The number of nitrogens with zero attached hydrogens (tertiary/aromatic N) is 3. The van der Waals surface area contributed by atoms with Gasteiger partial charge >= 0.3 is 0 Å². The number of hydrogen-bond acceptors (Lipinski definition) is 3. The van der Waals surface area contributed by atoms with Gasteiger partial charge in [0, 0.05) is 35.7 Å². The van der Waals surface area contributed by atoms with Gasteiger partial charge in [0.05, 0.1) is 11.1 Å². The van der Waals surface area contributed by atoms with Crippen molar-refractivity contribution in [1.82, 2.24) is 14.5 Å². The van der Waals surface area contributed by atoms with E-state index in [-0.39, 0.29) is 11.8 Å². The number of hydrogen-bond donors (Lipinski definition) is 1. The van der Waals surface area contributed by atoms with Crippen LogP contribution in [0, 0.1) is 6.92 Å². The molecule has 2 aromatic carbocycles. The fraction of sp³-hybridized carbons (Fsp3) is 0.208. The number of carbonyl (C=O) groups is 1. The molecule has 0 fully saturated rings. The van der Waals surface area contributed by atoms with Crippen LogP contribution < -0.4 is 5.32 Å². The van der Waals surface area contributed by atoms with Crippen molar-refractivity contribution < 1.29 is 4.79 Å². The molecule has 0 saturated heterocycles. The number of carbonyl (C=O) groups excluding carboxylic acids is 1. The molecule has 0 spiro atoms. The second-order valence-corrected chi connectivity index (χ2v) is 7.52. The van der Waals surface area contributed by atoms with Crippen LogP contribution in [0.1, 0.15) is 47.2 Å². The van der Waals surface area contributed by atoms with Gasteiger partial charge in [-0.15, -0.1) is 0 Å². The van der Waals surface area contributed by atoms with E-state index in [9.17, 15) is 4.79 Å². The molecule has 0 bridgehead atoms. The average Bonchev–Trinajstić information content (AvgIpc) is 3.13. The van der Waals surface area contributed by atoms with E-state index in [1.807, 2.05) is 67.7 Å². The average molecular weight is 384 g/mol. The lowest BCUT2D eigenvalue weighted by Gasteiger charge is -2.12. The number of amides is 1.